The van der Waals surface area contributed by atoms with Gasteiger partial charge in [-0.15, -0.1) is 0 Å². The number of ether oxygens (including phenoxy) is 4. The number of fused-ring (bicyclic) bond motifs is 3. The third-order valence-corrected chi connectivity index (χ3v) is 8.45. The molecule has 5 aliphatic heterocycles. The van der Waals surface area contributed by atoms with Gasteiger partial charge in [-0.2, -0.15) is 0 Å². The van der Waals surface area contributed by atoms with Crippen LogP contribution in [0.15, 0.2) is 11.6 Å². The maximum Gasteiger partial charge on any atom is 0.407 e. The number of nitrogens with one attached hydrogen (secondary N) is 1. The highest BCUT2D eigenvalue weighted by molar-refractivity contribution is 5.68. The van der Waals surface area contributed by atoms with Crippen LogP contribution in [-0.2, 0) is 18.9 Å². The van der Waals surface area contributed by atoms with Gasteiger partial charge < -0.3 is 29.2 Å². The molecule has 1 spiro atoms. The molecule has 7 nitrogen and oxygen atoms in total. The van der Waals surface area contributed by atoms with E-state index < -0.39 is 0 Å². The Kier molecular flexibility index (Phi) is 5.60. The zero-order valence-corrected chi connectivity index (χ0v) is 19.4. The minimum absolute atomic E-state index is 0.0592. The summed E-state index contributed by atoms with van der Waals surface area (Å²) in [6.45, 7) is 10.4. The van der Waals surface area contributed by atoms with Crippen molar-refractivity contribution in [1.82, 2.24) is 10.2 Å². The van der Waals surface area contributed by atoms with Crippen LogP contribution in [0.2, 0.25) is 0 Å². The maximum absolute atomic E-state index is 12.8. The van der Waals surface area contributed by atoms with Crippen molar-refractivity contribution in [2.24, 2.45) is 11.8 Å². The van der Waals surface area contributed by atoms with Crippen LogP contribution >= 0.6 is 0 Å². The molecule has 1 aliphatic carbocycles. The van der Waals surface area contributed by atoms with Crippen LogP contribution in [0.3, 0.4) is 0 Å². The Labute approximate surface area is 185 Å². The number of alkyl carbamates (subject to hydrolysis) is 1. The van der Waals surface area contributed by atoms with Gasteiger partial charge in [0.2, 0.25) is 0 Å². The molecule has 7 heteroatoms. The third kappa shape index (κ3) is 4.03. The highest BCUT2D eigenvalue weighted by Crippen LogP contribution is 2.59. The normalized spacial score (nSPS) is 47.7. The van der Waals surface area contributed by atoms with Crippen molar-refractivity contribution in [2.45, 2.75) is 88.4 Å². The van der Waals surface area contributed by atoms with Crippen LogP contribution in [0.1, 0.15) is 52.9 Å². The Balaban J connectivity index is 1.25. The lowest BCUT2D eigenvalue weighted by atomic mass is 9.68. The summed E-state index contributed by atoms with van der Waals surface area (Å²) in [6, 6.07) is 0.200. The Morgan fingerprint density at radius 2 is 2.00 bits per heavy atom. The van der Waals surface area contributed by atoms with E-state index in [1.165, 1.54) is 18.4 Å². The molecule has 31 heavy (non-hydrogen) atoms. The first kappa shape index (κ1) is 21.7. The number of piperidine rings is 3. The average molecular weight is 435 g/mol. The fourth-order valence-electron chi connectivity index (χ4n) is 6.52. The molecular formula is C24H38N2O5. The van der Waals surface area contributed by atoms with E-state index in [2.05, 4.69) is 37.1 Å². The molecule has 2 bridgehead atoms. The van der Waals surface area contributed by atoms with Gasteiger partial charge in [0, 0.05) is 19.7 Å². The number of epoxide rings is 2. The molecular weight excluding hydrogens is 396 g/mol. The van der Waals surface area contributed by atoms with Crippen LogP contribution in [0.4, 0.5) is 4.79 Å². The molecule has 5 heterocycles. The van der Waals surface area contributed by atoms with Crippen LogP contribution < -0.4 is 5.32 Å². The molecule has 1 amide bonds. The number of amides is 1. The monoisotopic (exact) mass is 434 g/mol. The zero-order chi connectivity index (χ0) is 21.8. The van der Waals surface area contributed by atoms with Crippen molar-refractivity contribution in [1.29, 1.82) is 0 Å². The van der Waals surface area contributed by atoms with Crippen LogP contribution in [-0.4, -0.2) is 79.9 Å². The quantitative estimate of drug-likeness (QED) is 0.512. The first-order valence-electron chi connectivity index (χ1n) is 12.0. The Bertz CT molecular complexity index is 725. The summed E-state index contributed by atoms with van der Waals surface area (Å²) in [5.41, 5.74) is 0.798. The lowest BCUT2D eigenvalue weighted by Crippen LogP contribution is -2.59. The smallest absolute Gasteiger partial charge is 0.407 e. The van der Waals surface area contributed by atoms with Gasteiger partial charge in [0.1, 0.15) is 23.4 Å². The van der Waals surface area contributed by atoms with E-state index in [1.54, 1.807) is 7.11 Å². The van der Waals surface area contributed by atoms with Crippen molar-refractivity contribution in [3.05, 3.63) is 11.6 Å². The second-order valence-corrected chi connectivity index (χ2v) is 10.7. The molecule has 5 saturated heterocycles. The van der Waals surface area contributed by atoms with Gasteiger partial charge in [-0.05, 0) is 71.9 Å². The molecule has 2 unspecified atom stereocenters. The number of carbonyl (C=O) groups is 1. The number of allylic oxidation sites excluding steroid dienone is 1. The van der Waals surface area contributed by atoms with Crippen molar-refractivity contribution in [3.63, 3.8) is 0 Å². The average Bonchev–Trinajstić information content (AvgIpc) is 3.66. The largest absolute Gasteiger partial charge is 0.443 e. The zero-order valence-electron chi connectivity index (χ0n) is 19.4. The summed E-state index contributed by atoms with van der Waals surface area (Å²) in [7, 11) is 1.72. The summed E-state index contributed by atoms with van der Waals surface area (Å²) in [5.74, 6) is 0.636. The van der Waals surface area contributed by atoms with Crippen LogP contribution in [0.5, 0.6) is 0 Å². The molecule has 6 rings (SSSR count). The number of hydrogen-bond donors (Lipinski definition) is 1. The maximum atomic E-state index is 12.8. The van der Waals surface area contributed by atoms with Gasteiger partial charge in [-0.25, -0.2) is 4.79 Å². The summed E-state index contributed by atoms with van der Waals surface area (Å²) < 4.78 is 24.2. The van der Waals surface area contributed by atoms with E-state index in [0.717, 1.165) is 45.5 Å². The van der Waals surface area contributed by atoms with Gasteiger partial charge in [-0.1, -0.05) is 11.6 Å². The predicted octanol–water partition coefficient (Wildman–Crippen LogP) is 2.88. The molecule has 1 N–H and O–H groups in total. The minimum atomic E-state index is -0.308. The van der Waals surface area contributed by atoms with Crippen molar-refractivity contribution in [3.8, 4) is 0 Å². The molecule has 6 aliphatic rings. The molecule has 1 saturated carbocycles. The van der Waals surface area contributed by atoms with Crippen molar-refractivity contribution >= 4 is 6.09 Å². The van der Waals surface area contributed by atoms with Gasteiger partial charge in [0.05, 0.1) is 18.6 Å². The van der Waals surface area contributed by atoms with E-state index in [4.69, 9.17) is 18.9 Å². The summed E-state index contributed by atoms with van der Waals surface area (Å²) in [6.07, 6.45) is 6.45. The summed E-state index contributed by atoms with van der Waals surface area (Å²) in [4.78, 5) is 15.3. The van der Waals surface area contributed by atoms with E-state index in [1.807, 2.05) is 0 Å². The molecule has 0 aromatic heterocycles. The standard InChI is InChI=1S/C24H38N2O5/c1-15(2)5-6-19-23(3,31-19)21-20(28-4)18(7-10-24(21)14-29-24)30-22(27)25-17-13-26-11-8-16(17)9-12-26/h5,16-21H,6-14H2,1-4H3,(H,25,27)/t17?,18-,19-,20-,21-,23?,24+/m1/s1. The molecule has 6 fully saturated rings. The highest BCUT2D eigenvalue weighted by atomic mass is 16.6. The van der Waals surface area contributed by atoms with Crippen molar-refractivity contribution in [2.75, 3.05) is 33.4 Å². The highest BCUT2D eigenvalue weighted by Gasteiger charge is 2.72. The fourth-order valence-corrected chi connectivity index (χ4v) is 6.52. The molecule has 7 atom stereocenters. The van der Waals surface area contributed by atoms with Crippen molar-refractivity contribution < 1.29 is 23.7 Å². The summed E-state index contributed by atoms with van der Waals surface area (Å²) in [5, 5.41) is 3.16. The Morgan fingerprint density at radius 3 is 2.58 bits per heavy atom. The first-order chi connectivity index (χ1) is 14.8. The third-order valence-electron chi connectivity index (χ3n) is 8.45. The Hall–Kier alpha value is -1.15. The lowest BCUT2D eigenvalue weighted by Gasteiger charge is -2.45. The lowest BCUT2D eigenvalue weighted by molar-refractivity contribution is -0.118. The van der Waals surface area contributed by atoms with Gasteiger partial charge in [-0.3, -0.25) is 0 Å². The predicted molar refractivity (Wildman–Crippen MR) is 116 cm³/mol. The van der Waals surface area contributed by atoms with Crippen LogP contribution in [0.25, 0.3) is 0 Å². The molecule has 0 aromatic carbocycles. The fraction of sp³-hybridized carbons (Fsp3) is 0.875. The van der Waals surface area contributed by atoms with Gasteiger partial charge in [0.25, 0.3) is 0 Å². The van der Waals surface area contributed by atoms with E-state index in [0.29, 0.717) is 5.92 Å². The number of nitrogens with zero attached hydrogens (tertiary/aromatic N) is 1. The second-order valence-electron chi connectivity index (χ2n) is 10.7. The molecule has 174 valence electrons. The second kappa shape index (κ2) is 8.01. The molecule has 0 aromatic rings. The van der Waals surface area contributed by atoms with Crippen LogP contribution in [0, 0.1) is 11.8 Å². The molecule has 0 radical (unpaired) electrons. The number of carbonyl (C=O) groups excluding carboxylic acids is 1. The number of rotatable bonds is 6. The van der Waals surface area contributed by atoms with E-state index in [-0.39, 0.29) is 47.6 Å². The van der Waals surface area contributed by atoms with Gasteiger partial charge in [0.15, 0.2) is 0 Å². The topological polar surface area (TPSA) is 75.9 Å². The van der Waals surface area contributed by atoms with E-state index >= 15 is 0 Å². The SMILES string of the molecule is CO[C@H]1[C@H](C2(C)O[C@@H]2CC=C(C)C)[C@]2(CC[C@H]1OC(=O)NC1CN3CCC1CC3)CO2. The number of hydrogen-bond acceptors (Lipinski definition) is 6. The summed E-state index contributed by atoms with van der Waals surface area (Å²) >= 11 is 0. The number of methoxy groups -OCH3 is 1. The minimum Gasteiger partial charge on any atom is -0.443 e. The van der Waals surface area contributed by atoms with Gasteiger partial charge >= 0.3 is 6.09 Å². The Morgan fingerprint density at radius 1 is 1.26 bits per heavy atom. The first-order valence-corrected chi connectivity index (χ1v) is 12.0. The van der Waals surface area contributed by atoms with E-state index in [9.17, 15) is 4.79 Å².